The van der Waals surface area contributed by atoms with Gasteiger partial charge in [0.1, 0.15) is 17.3 Å². The molecule has 3 heterocycles. The molecule has 0 atom stereocenters. The molecule has 0 fully saturated rings. The molecule has 1 aromatic heterocycles. The molecule has 2 aromatic carbocycles. The third-order valence-electron chi connectivity index (χ3n) is 7.13. The van der Waals surface area contributed by atoms with Crippen LogP contribution < -0.4 is 25.8 Å². The molecule has 2 aliphatic rings. The molecule has 3 amide bonds. The van der Waals surface area contributed by atoms with Crippen LogP contribution in [0.3, 0.4) is 0 Å². The number of hydrogen-bond donors (Lipinski definition) is 3. The zero-order chi connectivity index (χ0) is 31.1. The molecule has 2 bridgehead atoms. The van der Waals surface area contributed by atoms with Crippen molar-refractivity contribution >= 4 is 17.7 Å². The van der Waals surface area contributed by atoms with E-state index < -0.39 is 11.7 Å². The SMILES string of the molecule is COc1cc2ccc1Oc1cccc(F)c1CNC(=O)CCCN(Cc1cc(C(N)=O)oc1C(C)(C)C)CCCNC2=O. The molecular weight excluding hydrogens is 555 g/mol. The van der Waals surface area contributed by atoms with Crippen molar-refractivity contribution in [3.05, 3.63) is 76.5 Å². The lowest BCUT2D eigenvalue weighted by Gasteiger charge is -2.24. The fourth-order valence-corrected chi connectivity index (χ4v) is 4.98. The summed E-state index contributed by atoms with van der Waals surface area (Å²) < 4.78 is 32.1. The second-order valence-electron chi connectivity index (χ2n) is 11.5. The van der Waals surface area contributed by atoms with Gasteiger partial charge in [-0.25, -0.2) is 4.39 Å². The summed E-state index contributed by atoms with van der Waals surface area (Å²) in [5.41, 5.74) is 6.56. The minimum atomic E-state index is -0.639. The third kappa shape index (κ3) is 8.13. The van der Waals surface area contributed by atoms with E-state index in [0.29, 0.717) is 61.8 Å². The van der Waals surface area contributed by atoms with Gasteiger partial charge in [-0.2, -0.15) is 0 Å². The number of nitrogens with zero attached hydrogens (tertiary/aromatic N) is 1. The Bertz CT molecular complexity index is 1480. The molecule has 11 heteroatoms. The number of rotatable bonds is 4. The Hall–Kier alpha value is -4.38. The fraction of sp³-hybridized carbons (Fsp3) is 0.406. The molecule has 0 saturated heterocycles. The molecule has 0 aliphatic carbocycles. The first-order chi connectivity index (χ1) is 20.5. The minimum absolute atomic E-state index is 0.0623. The van der Waals surface area contributed by atoms with Gasteiger partial charge in [-0.1, -0.05) is 26.8 Å². The Balaban J connectivity index is 1.58. The van der Waals surface area contributed by atoms with Crippen LogP contribution in [0.15, 0.2) is 46.9 Å². The maximum Gasteiger partial charge on any atom is 0.284 e. The van der Waals surface area contributed by atoms with Gasteiger partial charge < -0.3 is 30.3 Å². The van der Waals surface area contributed by atoms with Crippen LogP contribution in [0.5, 0.6) is 17.2 Å². The molecule has 2 aliphatic heterocycles. The summed E-state index contributed by atoms with van der Waals surface area (Å²) in [7, 11) is 1.46. The molecule has 43 heavy (non-hydrogen) atoms. The van der Waals surface area contributed by atoms with Gasteiger partial charge in [0, 0.05) is 54.7 Å². The zero-order valence-corrected chi connectivity index (χ0v) is 25.1. The summed E-state index contributed by atoms with van der Waals surface area (Å²) in [6, 6.07) is 10.9. The summed E-state index contributed by atoms with van der Waals surface area (Å²) in [4.78, 5) is 39.7. The molecule has 5 rings (SSSR count). The Labute approximate surface area is 250 Å². The largest absolute Gasteiger partial charge is 0.493 e. The molecule has 10 nitrogen and oxygen atoms in total. The maximum atomic E-state index is 14.8. The van der Waals surface area contributed by atoms with Crippen molar-refractivity contribution in [2.75, 3.05) is 26.7 Å². The van der Waals surface area contributed by atoms with E-state index in [0.717, 1.165) is 5.56 Å². The van der Waals surface area contributed by atoms with Crippen LogP contribution in [0, 0.1) is 5.82 Å². The number of ether oxygens (including phenoxy) is 2. The Morgan fingerprint density at radius 1 is 1.07 bits per heavy atom. The van der Waals surface area contributed by atoms with Gasteiger partial charge in [-0.3, -0.25) is 19.3 Å². The van der Waals surface area contributed by atoms with Gasteiger partial charge in [0.05, 0.1) is 7.11 Å². The summed E-state index contributed by atoms with van der Waals surface area (Å²) >= 11 is 0. The van der Waals surface area contributed by atoms with Crippen LogP contribution in [0.2, 0.25) is 0 Å². The number of benzene rings is 2. The topological polar surface area (TPSA) is 136 Å². The number of methoxy groups -OCH3 is 1. The molecule has 230 valence electrons. The number of amides is 3. The van der Waals surface area contributed by atoms with E-state index in [-0.39, 0.29) is 47.3 Å². The van der Waals surface area contributed by atoms with Gasteiger partial charge >= 0.3 is 0 Å². The summed E-state index contributed by atoms with van der Waals surface area (Å²) in [5, 5.41) is 5.74. The summed E-state index contributed by atoms with van der Waals surface area (Å²) in [6.07, 6.45) is 1.39. The van der Waals surface area contributed by atoms with Crippen LogP contribution in [-0.4, -0.2) is 49.4 Å². The molecule has 4 N–H and O–H groups in total. The Morgan fingerprint density at radius 3 is 2.56 bits per heavy atom. The second kappa shape index (κ2) is 13.7. The smallest absolute Gasteiger partial charge is 0.284 e. The second-order valence-corrected chi connectivity index (χ2v) is 11.5. The highest BCUT2D eigenvalue weighted by Gasteiger charge is 2.26. The molecule has 0 spiro atoms. The van der Waals surface area contributed by atoms with Crippen molar-refractivity contribution in [3.8, 4) is 17.2 Å². The molecule has 0 saturated carbocycles. The number of nitrogens with one attached hydrogen (secondary N) is 2. The monoisotopic (exact) mass is 594 g/mol. The van der Waals surface area contributed by atoms with Gasteiger partial charge in [0.25, 0.3) is 11.8 Å². The minimum Gasteiger partial charge on any atom is -0.493 e. The van der Waals surface area contributed by atoms with Gasteiger partial charge in [-0.05, 0) is 55.8 Å². The van der Waals surface area contributed by atoms with E-state index in [2.05, 4.69) is 15.5 Å². The third-order valence-corrected chi connectivity index (χ3v) is 7.13. The number of hydrogen-bond acceptors (Lipinski definition) is 7. The quantitative estimate of drug-likeness (QED) is 0.400. The van der Waals surface area contributed by atoms with E-state index in [1.54, 1.807) is 30.3 Å². The van der Waals surface area contributed by atoms with Crippen molar-refractivity contribution in [3.63, 3.8) is 0 Å². The van der Waals surface area contributed by atoms with E-state index in [4.69, 9.17) is 19.6 Å². The molecule has 0 radical (unpaired) electrons. The Morgan fingerprint density at radius 2 is 1.84 bits per heavy atom. The zero-order valence-electron chi connectivity index (χ0n) is 25.1. The molecule has 3 aromatic rings. The average molecular weight is 595 g/mol. The first kappa shape index (κ1) is 31.6. The normalized spacial score (nSPS) is 15.7. The number of furan rings is 1. The number of nitrogens with two attached hydrogens (primary N) is 1. The summed E-state index contributed by atoms with van der Waals surface area (Å²) in [5.74, 6) is -0.0488. The van der Waals surface area contributed by atoms with Crippen LogP contribution in [0.4, 0.5) is 4.39 Å². The number of carbonyl (C=O) groups excluding carboxylic acids is 3. The van der Waals surface area contributed by atoms with E-state index in [9.17, 15) is 18.8 Å². The van der Waals surface area contributed by atoms with Crippen LogP contribution in [0.1, 0.15) is 77.8 Å². The Kier molecular flexibility index (Phi) is 10.1. The van der Waals surface area contributed by atoms with Crippen LogP contribution in [-0.2, 0) is 23.3 Å². The van der Waals surface area contributed by atoms with Crippen molar-refractivity contribution in [1.29, 1.82) is 0 Å². The van der Waals surface area contributed by atoms with Crippen molar-refractivity contribution in [2.45, 2.75) is 58.5 Å². The van der Waals surface area contributed by atoms with Gasteiger partial charge in [0.2, 0.25) is 5.91 Å². The van der Waals surface area contributed by atoms with Crippen LogP contribution in [0.25, 0.3) is 0 Å². The molecular formula is C32H39FN4O6. The van der Waals surface area contributed by atoms with Gasteiger partial charge in [-0.15, -0.1) is 0 Å². The lowest BCUT2D eigenvalue weighted by Crippen LogP contribution is -2.32. The first-order valence-electron chi connectivity index (χ1n) is 14.3. The number of carbonyl (C=O) groups is 3. The van der Waals surface area contributed by atoms with E-state index in [1.165, 1.54) is 19.2 Å². The van der Waals surface area contributed by atoms with Crippen molar-refractivity contribution < 1.29 is 32.7 Å². The average Bonchev–Trinajstić information content (AvgIpc) is 3.39. The highest BCUT2D eigenvalue weighted by atomic mass is 19.1. The van der Waals surface area contributed by atoms with E-state index >= 15 is 0 Å². The van der Waals surface area contributed by atoms with Crippen molar-refractivity contribution in [1.82, 2.24) is 15.5 Å². The first-order valence-corrected chi connectivity index (χ1v) is 14.3. The fourth-order valence-electron chi connectivity index (χ4n) is 4.98. The standard InChI is InChI=1S/C32H39FN4O6/c1-32(2,3)29-21(17-27(43-29)30(34)39)19-37-14-6-10-28(38)36-18-22-23(33)8-5-9-24(22)42-25-12-11-20(16-26(25)41-4)31(40)35-13-7-15-37/h5,8-9,11-12,16-17H,6-7,10,13-15,18-19H2,1-4H3,(H2,34,39)(H,35,40)(H,36,38). The van der Waals surface area contributed by atoms with Gasteiger partial charge in [0.15, 0.2) is 17.3 Å². The number of primary amides is 1. The maximum absolute atomic E-state index is 14.8. The highest BCUT2D eigenvalue weighted by Crippen LogP contribution is 2.35. The van der Waals surface area contributed by atoms with Crippen molar-refractivity contribution in [2.24, 2.45) is 5.73 Å². The number of halogens is 1. The lowest BCUT2D eigenvalue weighted by atomic mass is 9.90. The highest BCUT2D eigenvalue weighted by molar-refractivity contribution is 5.95. The lowest BCUT2D eigenvalue weighted by molar-refractivity contribution is -0.121. The summed E-state index contributed by atoms with van der Waals surface area (Å²) in [6.45, 7) is 7.97. The van der Waals surface area contributed by atoms with Crippen LogP contribution >= 0.6 is 0 Å². The predicted octanol–water partition coefficient (Wildman–Crippen LogP) is 4.65. The molecule has 0 unspecified atom stereocenters. The number of fused-ring (bicyclic) bond motifs is 13. The predicted molar refractivity (Wildman–Crippen MR) is 159 cm³/mol. The van der Waals surface area contributed by atoms with E-state index in [1.807, 2.05) is 20.8 Å².